The molecule has 2 amide bonds. The molecule has 4 aromatic rings. The summed E-state index contributed by atoms with van der Waals surface area (Å²) in [5.41, 5.74) is 3.92. The van der Waals surface area contributed by atoms with Crippen LogP contribution in [0.1, 0.15) is 50.2 Å². The molecule has 0 N–H and O–H groups in total. The van der Waals surface area contributed by atoms with E-state index in [9.17, 15) is 19.7 Å². The Morgan fingerprint density at radius 3 is 1.75 bits per heavy atom. The van der Waals surface area contributed by atoms with Gasteiger partial charge >= 0.3 is 17.3 Å². The lowest BCUT2D eigenvalue weighted by Crippen LogP contribution is -2.39. The lowest BCUT2D eigenvalue weighted by Gasteiger charge is -2.39. The molecule has 2 aromatic heterocycles. The summed E-state index contributed by atoms with van der Waals surface area (Å²) in [6, 6.07) is 15.4. The zero-order valence-electron chi connectivity index (χ0n) is 25.9. The fraction of sp³-hybridized carbons (Fsp3) is 0.294. The standard InChI is InChI=1S/C34H36N6O4/c1-7-37(8-2)33(41)27-19-23-21-15-11-13-17-25(21)35(5)29(23)31(39(27)43)32-30-24(22-16-12-14-18-26(22)36(30)6)20-28(40(32)44)34(42)38(9-3)10-4/h11-20H,7-10H2,1-6H3. The molecule has 2 aliphatic heterocycles. The zero-order chi connectivity index (χ0) is 31.4. The van der Waals surface area contributed by atoms with E-state index in [0.717, 1.165) is 21.8 Å². The van der Waals surface area contributed by atoms with Gasteiger partial charge in [-0.2, -0.15) is 0 Å². The summed E-state index contributed by atoms with van der Waals surface area (Å²) in [4.78, 5) is 45.5. The number of carbonyl (C=O) groups excluding carboxylic acids is 2. The van der Waals surface area contributed by atoms with E-state index in [-0.39, 0.29) is 22.8 Å². The quantitative estimate of drug-likeness (QED) is 0.275. The fourth-order valence-corrected chi connectivity index (χ4v) is 6.59. The van der Waals surface area contributed by atoms with Crippen molar-refractivity contribution in [2.45, 2.75) is 27.7 Å². The molecule has 226 valence electrons. The molecule has 2 aromatic carbocycles. The Labute approximate surface area is 255 Å². The monoisotopic (exact) mass is 592 g/mol. The number of aromatic nitrogens is 2. The number of aryl methyl sites for hydroxylation is 2. The molecule has 2 aliphatic rings. The molecule has 0 bridgehead atoms. The molecule has 4 heterocycles. The van der Waals surface area contributed by atoms with Crippen molar-refractivity contribution in [2.75, 3.05) is 26.2 Å². The van der Waals surface area contributed by atoms with E-state index in [1.807, 2.05) is 99.5 Å². The summed E-state index contributed by atoms with van der Waals surface area (Å²) in [5, 5.41) is 16.9. The van der Waals surface area contributed by atoms with Crippen molar-refractivity contribution in [1.29, 1.82) is 0 Å². The molecule has 10 heteroatoms. The summed E-state index contributed by atoms with van der Waals surface area (Å²) in [6.07, 6.45) is 3.26. The third-order valence-electron chi connectivity index (χ3n) is 8.91. The van der Waals surface area contributed by atoms with Crippen molar-refractivity contribution in [3.8, 4) is 0 Å². The van der Waals surface area contributed by atoms with Gasteiger partial charge in [-0.3, -0.25) is 9.59 Å². The minimum atomic E-state index is -0.429. The lowest BCUT2D eigenvalue weighted by molar-refractivity contribution is -0.393. The number of benzene rings is 2. The molecule has 6 rings (SSSR count). The number of likely N-dealkylation sites (N-methyl/N-ethyl adjacent to an activating group) is 2. The summed E-state index contributed by atoms with van der Waals surface area (Å²) < 4.78 is 4.36. The van der Waals surface area contributed by atoms with Crippen LogP contribution in [0, 0.1) is 10.1 Å². The van der Waals surface area contributed by atoms with Gasteiger partial charge in [-0.05, 0) is 45.9 Å². The lowest BCUT2D eigenvalue weighted by atomic mass is 9.97. The van der Waals surface area contributed by atoms with Gasteiger partial charge in [0.25, 0.3) is 5.91 Å². The van der Waals surface area contributed by atoms with E-state index >= 15 is 0 Å². The van der Waals surface area contributed by atoms with Crippen LogP contribution in [-0.4, -0.2) is 66.8 Å². The number of nitrogens with zero attached hydrogens (tertiary/aromatic N) is 6. The normalized spacial score (nSPS) is 16.2. The Bertz CT molecular complexity index is 1970. The Morgan fingerprint density at radius 2 is 1.20 bits per heavy atom. The van der Waals surface area contributed by atoms with Gasteiger partial charge in [-0.15, -0.1) is 0 Å². The van der Waals surface area contributed by atoms with Crippen molar-refractivity contribution in [3.05, 3.63) is 92.6 Å². The molecule has 0 radical (unpaired) electrons. The molecular weight excluding hydrogens is 556 g/mol. The molecule has 0 saturated heterocycles. The number of carbonyl (C=O) groups is 2. The third kappa shape index (κ3) is 4.05. The van der Waals surface area contributed by atoms with Gasteiger partial charge in [0, 0.05) is 84.2 Å². The van der Waals surface area contributed by atoms with Crippen LogP contribution in [-0.2, 0) is 23.7 Å². The van der Waals surface area contributed by atoms with E-state index in [2.05, 4.69) is 0 Å². The third-order valence-corrected chi connectivity index (χ3v) is 8.91. The van der Waals surface area contributed by atoms with Crippen LogP contribution in [0.15, 0.2) is 59.9 Å². The van der Waals surface area contributed by atoms with E-state index in [4.69, 9.17) is 0 Å². The second-order valence-electron chi connectivity index (χ2n) is 11.0. The molecule has 10 nitrogen and oxygen atoms in total. The van der Waals surface area contributed by atoms with Crippen molar-refractivity contribution in [3.63, 3.8) is 0 Å². The average Bonchev–Trinajstić information content (AvgIpc) is 3.48. The highest BCUT2D eigenvalue weighted by Gasteiger charge is 2.46. The van der Waals surface area contributed by atoms with Gasteiger partial charge in [0.15, 0.2) is 0 Å². The van der Waals surface area contributed by atoms with Gasteiger partial charge in [-0.1, -0.05) is 36.4 Å². The number of hydrogen-bond donors (Lipinski definition) is 0. The maximum absolute atomic E-state index is 14.6. The molecule has 0 atom stereocenters. The minimum absolute atomic E-state index is 0.0248. The predicted molar refractivity (Wildman–Crippen MR) is 173 cm³/mol. The van der Waals surface area contributed by atoms with Crippen molar-refractivity contribution in [1.82, 2.24) is 24.0 Å². The van der Waals surface area contributed by atoms with Crippen LogP contribution in [0.4, 0.5) is 0 Å². The Morgan fingerprint density at radius 1 is 0.727 bits per heavy atom. The first-order valence-corrected chi connectivity index (χ1v) is 15.1. The van der Waals surface area contributed by atoms with Gasteiger partial charge in [0.1, 0.15) is 11.4 Å². The average molecular weight is 593 g/mol. The maximum atomic E-state index is 14.6. The van der Waals surface area contributed by atoms with E-state index in [1.165, 1.54) is 0 Å². The number of para-hydroxylation sites is 2. The van der Waals surface area contributed by atoms with Crippen LogP contribution >= 0.6 is 0 Å². The molecule has 0 saturated carbocycles. The first-order chi connectivity index (χ1) is 21.2. The van der Waals surface area contributed by atoms with Crippen LogP contribution in [0.3, 0.4) is 0 Å². The predicted octanol–water partition coefficient (Wildman–Crippen LogP) is 5.52. The van der Waals surface area contributed by atoms with Crippen LogP contribution < -0.4 is 0 Å². The molecular formula is C34H36N6O4. The van der Waals surface area contributed by atoms with Crippen LogP contribution in [0.5, 0.6) is 0 Å². The van der Waals surface area contributed by atoms with Crippen LogP contribution in [0.25, 0.3) is 45.4 Å². The zero-order valence-corrected chi connectivity index (χ0v) is 25.9. The summed E-state index contributed by atoms with van der Waals surface area (Å²) >= 11 is 0. The number of rotatable bonds is 6. The van der Waals surface area contributed by atoms with Crippen molar-refractivity contribution in [2.24, 2.45) is 14.1 Å². The Balaban J connectivity index is 1.76. The van der Waals surface area contributed by atoms with Gasteiger partial charge in [0.2, 0.25) is 0 Å². The smallest absolute Gasteiger partial charge is 0.328 e. The number of hydrogen-bond acceptors (Lipinski definition) is 5. The highest BCUT2D eigenvalue weighted by molar-refractivity contribution is 6.11. The molecule has 0 aliphatic carbocycles. The Kier molecular flexibility index (Phi) is 7.25. The number of fused-ring (bicyclic) bond motifs is 6. The van der Waals surface area contributed by atoms with Crippen LogP contribution in [0.2, 0.25) is 0 Å². The van der Waals surface area contributed by atoms with Gasteiger partial charge < -0.3 is 29.2 Å². The molecule has 0 unspecified atom stereocenters. The van der Waals surface area contributed by atoms with Crippen molar-refractivity contribution >= 4 is 57.2 Å². The first kappa shape index (κ1) is 29.1. The SMILES string of the molecule is CCN(CC)C(=O)C1=Cc2c(n(C)c3ccccc23)C(=C2c3c(c4ccccc4n3C)C=C(C(=O)N(CC)CC)[N+]2=O)N1[O-]. The Hall–Kier alpha value is -4.96. The summed E-state index contributed by atoms with van der Waals surface area (Å²) in [7, 11) is 3.69. The highest BCUT2D eigenvalue weighted by Crippen LogP contribution is 2.46. The fourth-order valence-electron chi connectivity index (χ4n) is 6.59. The number of amides is 2. The van der Waals surface area contributed by atoms with E-state index in [0.29, 0.717) is 58.5 Å². The van der Waals surface area contributed by atoms with Gasteiger partial charge in [-0.25, -0.2) is 0 Å². The first-order valence-electron chi connectivity index (χ1n) is 15.1. The maximum Gasteiger partial charge on any atom is 0.328 e. The highest BCUT2D eigenvalue weighted by atomic mass is 16.5. The summed E-state index contributed by atoms with van der Waals surface area (Å²) in [6.45, 7) is 9.12. The molecule has 0 spiro atoms. The minimum Gasteiger partial charge on any atom is -0.753 e. The summed E-state index contributed by atoms with van der Waals surface area (Å²) in [5.74, 6) is -0.857. The molecule has 0 fully saturated rings. The largest absolute Gasteiger partial charge is 0.753 e. The van der Waals surface area contributed by atoms with E-state index < -0.39 is 11.8 Å². The second-order valence-corrected chi connectivity index (χ2v) is 11.0. The van der Waals surface area contributed by atoms with Gasteiger partial charge in [0.05, 0.1) is 16.2 Å². The van der Waals surface area contributed by atoms with E-state index in [1.54, 1.807) is 22.0 Å². The van der Waals surface area contributed by atoms with Crippen molar-refractivity contribution < 1.29 is 14.3 Å². The number of hydroxylamine groups is 2. The topological polar surface area (TPSA) is 96.9 Å². The second kappa shape index (κ2) is 10.9. The number of nitroso groups, excluding NO2 is 1. The molecule has 44 heavy (non-hydrogen) atoms.